The van der Waals surface area contributed by atoms with Crippen molar-refractivity contribution >= 4 is 25.7 Å². The van der Waals surface area contributed by atoms with Gasteiger partial charge < -0.3 is 25.2 Å². The lowest BCUT2D eigenvalue weighted by molar-refractivity contribution is -0.161. The zero-order valence-electron chi connectivity index (χ0n) is 33.6. The summed E-state index contributed by atoms with van der Waals surface area (Å²) in [5.41, 5.74) is 5.32. The van der Waals surface area contributed by atoms with Gasteiger partial charge in [-0.15, -0.1) is 0 Å². The fourth-order valence-electron chi connectivity index (χ4n) is 5.24. The summed E-state index contributed by atoms with van der Waals surface area (Å²) in [4.78, 5) is 45.8. The van der Waals surface area contributed by atoms with E-state index in [2.05, 4.69) is 67.0 Å². The van der Waals surface area contributed by atoms with Gasteiger partial charge >= 0.3 is 25.7 Å². The molecule has 0 aromatic carbocycles. The molecule has 3 atom stereocenters. The second kappa shape index (κ2) is 37.4. The van der Waals surface area contributed by atoms with Gasteiger partial charge in [0.2, 0.25) is 0 Å². The van der Waals surface area contributed by atoms with E-state index in [0.29, 0.717) is 12.8 Å². The van der Waals surface area contributed by atoms with Crippen molar-refractivity contribution in [1.29, 1.82) is 0 Å². The third-order valence-electron chi connectivity index (χ3n) is 8.55. The van der Waals surface area contributed by atoms with E-state index < -0.39 is 51.1 Å². The molecule has 4 N–H and O–H groups in total. The Hall–Kier alpha value is -2.56. The largest absolute Gasteiger partial charge is 0.480 e. The van der Waals surface area contributed by atoms with Crippen molar-refractivity contribution < 1.29 is 47.5 Å². The van der Waals surface area contributed by atoms with Gasteiger partial charge in [-0.1, -0.05) is 127 Å². The van der Waals surface area contributed by atoms with E-state index in [1.165, 1.54) is 77.0 Å². The lowest BCUT2D eigenvalue weighted by atomic mass is 10.1. The molecule has 0 aliphatic heterocycles. The molecule has 12 heteroatoms. The molecule has 0 bridgehead atoms. The van der Waals surface area contributed by atoms with Crippen molar-refractivity contribution in [3.8, 4) is 0 Å². The zero-order chi connectivity index (χ0) is 40.0. The molecule has 0 aromatic heterocycles. The number of rotatable bonds is 38. The molecule has 0 aromatic rings. The molecule has 1 unspecified atom stereocenters. The van der Waals surface area contributed by atoms with Crippen LogP contribution in [0.15, 0.2) is 48.6 Å². The Morgan fingerprint density at radius 1 is 0.574 bits per heavy atom. The maximum atomic E-state index is 12.6. The molecule has 0 amide bonds. The van der Waals surface area contributed by atoms with Crippen LogP contribution in [0.25, 0.3) is 0 Å². The molecular weight excluding hydrogens is 709 g/mol. The molecule has 0 saturated heterocycles. The number of phosphoric acid groups is 1. The van der Waals surface area contributed by atoms with Crippen molar-refractivity contribution in [2.75, 3.05) is 19.8 Å². The third kappa shape index (κ3) is 36.4. The molecule has 0 heterocycles. The first-order chi connectivity index (χ1) is 26.1. The Bertz CT molecular complexity index is 1110. The number of phosphoric ester groups is 1. The highest BCUT2D eigenvalue weighted by Gasteiger charge is 2.28. The molecular formula is C42H74NO10P. The summed E-state index contributed by atoms with van der Waals surface area (Å²) in [7, 11) is -4.73. The van der Waals surface area contributed by atoms with Crippen LogP contribution in [0.5, 0.6) is 0 Å². The molecule has 0 spiro atoms. The predicted octanol–water partition coefficient (Wildman–Crippen LogP) is 10.6. The van der Waals surface area contributed by atoms with E-state index >= 15 is 0 Å². The number of hydrogen-bond acceptors (Lipinski definition) is 9. The number of ether oxygens (including phenoxy) is 2. The number of carboxylic acids is 1. The van der Waals surface area contributed by atoms with Crippen LogP contribution < -0.4 is 5.73 Å². The molecule has 11 nitrogen and oxygen atoms in total. The van der Waals surface area contributed by atoms with Crippen LogP contribution in [-0.4, -0.2) is 59.9 Å². The predicted molar refractivity (Wildman–Crippen MR) is 217 cm³/mol. The Balaban J connectivity index is 4.50. The van der Waals surface area contributed by atoms with Gasteiger partial charge in [0.05, 0.1) is 13.2 Å². The lowest BCUT2D eigenvalue weighted by Crippen LogP contribution is -2.34. The first kappa shape index (κ1) is 51.4. The van der Waals surface area contributed by atoms with Gasteiger partial charge in [0, 0.05) is 12.8 Å². The number of carbonyl (C=O) groups is 3. The second-order valence-electron chi connectivity index (χ2n) is 13.8. The maximum absolute atomic E-state index is 12.6. The summed E-state index contributed by atoms with van der Waals surface area (Å²) >= 11 is 0. The van der Waals surface area contributed by atoms with Crippen molar-refractivity contribution in [1.82, 2.24) is 0 Å². The topological polar surface area (TPSA) is 172 Å². The Labute approximate surface area is 326 Å². The number of carbonyl (C=O) groups excluding carboxylic acids is 2. The summed E-state index contributed by atoms with van der Waals surface area (Å²) in [6.07, 6.45) is 40.4. The van der Waals surface area contributed by atoms with Crippen molar-refractivity contribution in [3.63, 3.8) is 0 Å². The van der Waals surface area contributed by atoms with Gasteiger partial charge in [0.15, 0.2) is 6.10 Å². The van der Waals surface area contributed by atoms with E-state index in [1.54, 1.807) is 0 Å². The quantitative estimate of drug-likeness (QED) is 0.0235. The number of hydrogen-bond donors (Lipinski definition) is 3. The molecule has 54 heavy (non-hydrogen) atoms. The average molecular weight is 784 g/mol. The van der Waals surface area contributed by atoms with Gasteiger partial charge in [-0.3, -0.25) is 23.4 Å². The number of allylic oxidation sites excluding steroid dienone is 8. The molecule has 0 aliphatic rings. The van der Waals surface area contributed by atoms with Crippen LogP contribution in [0.4, 0.5) is 0 Å². The van der Waals surface area contributed by atoms with Crippen molar-refractivity contribution in [3.05, 3.63) is 48.6 Å². The minimum atomic E-state index is -4.73. The molecule has 0 saturated carbocycles. The fourth-order valence-corrected chi connectivity index (χ4v) is 6.02. The smallest absolute Gasteiger partial charge is 0.472 e. The van der Waals surface area contributed by atoms with Crippen molar-refractivity contribution in [2.24, 2.45) is 5.73 Å². The monoisotopic (exact) mass is 784 g/mol. The summed E-state index contributed by atoms with van der Waals surface area (Å²) in [6, 6.07) is -1.53. The molecule has 0 fully saturated rings. The van der Waals surface area contributed by atoms with Crippen LogP contribution in [0, 0.1) is 0 Å². The normalized spacial score (nSPS) is 14.3. The van der Waals surface area contributed by atoms with E-state index in [9.17, 15) is 23.8 Å². The highest BCUT2D eigenvalue weighted by Crippen LogP contribution is 2.43. The number of carboxylic acid groups (broad SMARTS) is 1. The van der Waals surface area contributed by atoms with Gasteiger partial charge in [-0.25, -0.2) is 4.57 Å². The molecule has 0 rings (SSSR count). The minimum absolute atomic E-state index is 0.107. The SMILES string of the molecule is CCCCC/C=C/C/C=C/C/C=C/CCCCC(=O)O[C@H](COC(=O)CCCC/C=C/CCCCCCCCCCC)COP(=O)(O)OC[C@H](N)C(=O)O. The number of aliphatic carboxylic acids is 1. The van der Waals surface area contributed by atoms with Crippen LogP contribution in [0.1, 0.15) is 168 Å². The standard InChI is InChI=1S/C42H74NO10P/c1-3-5-7-9-11-13-15-17-19-21-23-25-27-29-31-33-40(44)50-35-38(36-51-54(48,49)52-37-39(43)42(46)47)53-41(45)34-32-30-28-26-24-22-20-18-16-14-12-10-8-6-4-2/h12,14,18,20,23-26,38-39H,3-11,13,15-17,19,21-22,27-37,43H2,1-2H3,(H,46,47)(H,48,49)/b14-12+,20-18+,25-23+,26-24+/t38-,39+/m1/s1. The lowest BCUT2D eigenvalue weighted by Gasteiger charge is -2.20. The Morgan fingerprint density at radius 3 is 1.52 bits per heavy atom. The summed E-state index contributed by atoms with van der Waals surface area (Å²) in [5, 5.41) is 8.87. The third-order valence-corrected chi connectivity index (χ3v) is 9.50. The zero-order valence-corrected chi connectivity index (χ0v) is 34.4. The van der Waals surface area contributed by atoms with Gasteiger partial charge in [-0.05, 0) is 77.0 Å². The van der Waals surface area contributed by atoms with Crippen LogP contribution in [0.3, 0.4) is 0 Å². The summed E-state index contributed by atoms with van der Waals surface area (Å²) in [5.74, 6) is -2.46. The van der Waals surface area contributed by atoms with E-state index in [0.717, 1.165) is 51.4 Å². The Morgan fingerprint density at radius 2 is 0.981 bits per heavy atom. The Kier molecular flexibility index (Phi) is 35.6. The number of nitrogens with two attached hydrogens (primary N) is 1. The first-order valence-electron chi connectivity index (χ1n) is 20.7. The van der Waals surface area contributed by atoms with Gasteiger partial charge in [0.1, 0.15) is 12.6 Å². The van der Waals surface area contributed by atoms with E-state index in [4.69, 9.17) is 24.8 Å². The van der Waals surface area contributed by atoms with E-state index in [1.807, 2.05) is 0 Å². The summed E-state index contributed by atoms with van der Waals surface area (Å²) < 4.78 is 32.6. The maximum Gasteiger partial charge on any atom is 0.472 e. The van der Waals surface area contributed by atoms with Crippen LogP contribution in [0.2, 0.25) is 0 Å². The van der Waals surface area contributed by atoms with Gasteiger partial charge in [0.25, 0.3) is 0 Å². The van der Waals surface area contributed by atoms with Gasteiger partial charge in [-0.2, -0.15) is 0 Å². The highest BCUT2D eigenvalue weighted by molar-refractivity contribution is 7.47. The highest BCUT2D eigenvalue weighted by atomic mass is 31.2. The number of unbranched alkanes of at least 4 members (excludes halogenated alkanes) is 16. The van der Waals surface area contributed by atoms with Crippen LogP contribution in [-0.2, 0) is 37.5 Å². The fraction of sp³-hybridized carbons (Fsp3) is 0.738. The molecule has 312 valence electrons. The molecule has 0 aliphatic carbocycles. The van der Waals surface area contributed by atoms with Crippen molar-refractivity contribution in [2.45, 2.75) is 180 Å². The number of esters is 2. The average Bonchev–Trinajstić information content (AvgIpc) is 3.14. The molecule has 0 radical (unpaired) electrons. The van der Waals surface area contributed by atoms with Crippen LogP contribution >= 0.6 is 7.82 Å². The first-order valence-corrected chi connectivity index (χ1v) is 22.2. The second-order valence-corrected chi connectivity index (χ2v) is 15.2. The summed E-state index contributed by atoms with van der Waals surface area (Å²) in [6.45, 7) is 2.70. The van der Waals surface area contributed by atoms with E-state index in [-0.39, 0.29) is 19.4 Å². The minimum Gasteiger partial charge on any atom is -0.480 e.